The zero-order valence-electron chi connectivity index (χ0n) is 29.0. The molecule has 258 valence electrons. The Bertz CT molecular complexity index is 2040. The number of methoxy groups -OCH3 is 1. The van der Waals surface area contributed by atoms with Crippen molar-refractivity contribution in [2.45, 2.75) is 78.6 Å². The number of aliphatic carboxylic acids is 1. The molecule has 0 saturated heterocycles. The molecule has 0 saturated carbocycles. The van der Waals surface area contributed by atoms with E-state index in [1.807, 2.05) is 39.0 Å². The van der Waals surface area contributed by atoms with E-state index in [1.54, 1.807) is 0 Å². The summed E-state index contributed by atoms with van der Waals surface area (Å²) in [6, 6.07) is 5.98. The minimum absolute atomic E-state index is 0.0829. The zero-order chi connectivity index (χ0) is 35.6. The van der Waals surface area contributed by atoms with Crippen molar-refractivity contribution in [2.75, 3.05) is 20.3 Å². The first-order valence-corrected chi connectivity index (χ1v) is 16.7. The Hall–Kier alpha value is -5.03. The van der Waals surface area contributed by atoms with Gasteiger partial charge in [-0.2, -0.15) is 0 Å². The maximum atomic E-state index is 13.9. The predicted octanol–water partition coefficient (Wildman–Crippen LogP) is 6.03. The number of aliphatic hydroxyl groups excluding tert-OH is 1. The number of carboxylic acids is 1. The van der Waals surface area contributed by atoms with Crippen LogP contribution in [0.25, 0.3) is 39.3 Å². The van der Waals surface area contributed by atoms with Crippen molar-refractivity contribution in [3.05, 3.63) is 75.4 Å². The van der Waals surface area contributed by atoms with Gasteiger partial charge in [0.25, 0.3) is 5.91 Å². The summed E-state index contributed by atoms with van der Waals surface area (Å²) in [5.74, 6) is -2.48. The molecule has 0 fully saturated rings. The first-order valence-electron chi connectivity index (χ1n) is 16.7. The van der Waals surface area contributed by atoms with Crippen molar-refractivity contribution in [3.63, 3.8) is 0 Å². The standard InChI is InChI=1S/C38H45N5O6/c1-8-23-19(3)27-16-29-21(5)25(11-12-33(45)46)36(42-29)26(15-34(47)49-7)37-35(38(48)39-13-10-14-44)22(6)30(43-37)18-32-24(9-2)20(4)28(41-32)17-31(23)40-27/h8,16-18,21,25,40-41,44H,1,9-15H2,2-7H3,(H,39,48)(H,45,46). The van der Waals surface area contributed by atoms with E-state index in [-0.39, 0.29) is 44.2 Å². The van der Waals surface area contributed by atoms with Gasteiger partial charge in [0.1, 0.15) is 0 Å². The summed E-state index contributed by atoms with van der Waals surface area (Å²) in [7, 11) is 1.30. The maximum absolute atomic E-state index is 13.9. The number of esters is 1. The van der Waals surface area contributed by atoms with Crippen molar-refractivity contribution < 1.29 is 29.3 Å². The molecule has 2 aliphatic heterocycles. The van der Waals surface area contributed by atoms with E-state index in [9.17, 15) is 24.6 Å². The van der Waals surface area contributed by atoms with E-state index in [4.69, 9.17) is 14.7 Å². The number of rotatable bonds is 11. The molecule has 11 nitrogen and oxygen atoms in total. The molecule has 5 N–H and O–H groups in total. The van der Waals surface area contributed by atoms with Gasteiger partial charge in [-0.1, -0.05) is 26.5 Å². The number of hydrogen-bond donors (Lipinski definition) is 5. The Morgan fingerprint density at radius 1 is 1.02 bits per heavy atom. The third kappa shape index (κ3) is 6.80. The Morgan fingerprint density at radius 2 is 1.73 bits per heavy atom. The minimum atomic E-state index is -0.942. The van der Waals surface area contributed by atoms with Gasteiger partial charge >= 0.3 is 11.9 Å². The van der Waals surface area contributed by atoms with Crippen molar-refractivity contribution in [3.8, 4) is 0 Å². The molecule has 0 aromatic carbocycles. The van der Waals surface area contributed by atoms with Gasteiger partial charge in [-0.05, 0) is 80.5 Å². The van der Waals surface area contributed by atoms with Gasteiger partial charge in [0.05, 0.1) is 36.2 Å². The molecule has 2 unspecified atom stereocenters. The second kappa shape index (κ2) is 14.6. The van der Waals surface area contributed by atoms with Gasteiger partial charge in [0, 0.05) is 70.3 Å². The number of fused-ring (bicyclic) bond motifs is 8. The molecular weight excluding hydrogens is 622 g/mol. The lowest BCUT2D eigenvalue weighted by Gasteiger charge is -2.18. The largest absolute Gasteiger partial charge is 0.481 e. The van der Waals surface area contributed by atoms with Gasteiger partial charge in [-0.15, -0.1) is 0 Å². The van der Waals surface area contributed by atoms with E-state index < -0.39 is 17.8 Å². The topological polar surface area (TPSA) is 170 Å². The maximum Gasteiger partial charge on any atom is 0.310 e. The van der Waals surface area contributed by atoms with E-state index in [1.165, 1.54) is 7.11 Å². The van der Waals surface area contributed by atoms with Crippen molar-refractivity contribution in [2.24, 2.45) is 0 Å². The molecule has 3 aromatic rings. The van der Waals surface area contributed by atoms with Crippen LogP contribution in [0, 0.1) is 13.8 Å². The SMILES string of the molecule is C=Cc1c(C)c2cc3nc(c(CC(=O)OC)c4nc(cc5[nH]c(cc1[nH]2)c(C)c5CC)C(C)=C4C(=O)NCCCO)C(CCC(=O)O)C3C. The molecule has 0 spiro atoms. The number of aliphatic hydroxyl groups is 1. The molecule has 8 bridgehead atoms. The summed E-state index contributed by atoms with van der Waals surface area (Å²) in [5.41, 5.74) is 11.0. The Morgan fingerprint density at radius 3 is 2.39 bits per heavy atom. The quantitative estimate of drug-likeness (QED) is 0.122. The minimum Gasteiger partial charge on any atom is -0.481 e. The van der Waals surface area contributed by atoms with Gasteiger partial charge in [-0.3, -0.25) is 19.4 Å². The second-order valence-electron chi connectivity index (χ2n) is 12.7. The van der Waals surface area contributed by atoms with E-state index in [0.717, 1.165) is 50.7 Å². The van der Waals surface area contributed by atoms with Crippen molar-refractivity contribution >= 4 is 57.1 Å². The van der Waals surface area contributed by atoms with Crippen LogP contribution in [0.1, 0.15) is 102 Å². The fourth-order valence-corrected chi connectivity index (χ4v) is 6.98. The lowest BCUT2D eigenvalue weighted by atomic mass is 9.84. The van der Waals surface area contributed by atoms with Crippen LogP contribution in [0.3, 0.4) is 0 Å². The number of aryl methyl sites for hydroxylation is 3. The first-order chi connectivity index (χ1) is 23.4. The Kier molecular flexibility index (Phi) is 10.5. The van der Waals surface area contributed by atoms with Crippen LogP contribution in [0.5, 0.6) is 0 Å². The molecule has 5 heterocycles. The fourth-order valence-electron chi connectivity index (χ4n) is 6.98. The van der Waals surface area contributed by atoms with Crippen molar-refractivity contribution in [1.29, 1.82) is 0 Å². The number of ether oxygens (including phenoxy) is 1. The zero-order valence-corrected chi connectivity index (χ0v) is 29.0. The number of aromatic nitrogens is 4. The van der Waals surface area contributed by atoms with Gasteiger partial charge < -0.3 is 30.2 Å². The van der Waals surface area contributed by atoms with Gasteiger partial charge in [0.2, 0.25) is 0 Å². The number of carbonyl (C=O) groups excluding carboxylic acids is 2. The first kappa shape index (κ1) is 35.3. The number of aromatic amines is 2. The van der Waals surface area contributed by atoms with Gasteiger partial charge in [0.15, 0.2) is 0 Å². The van der Waals surface area contributed by atoms with Gasteiger partial charge in [-0.25, -0.2) is 4.98 Å². The average Bonchev–Trinajstić information content (AvgIpc) is 3.75. The summed E-state index contributed by atoms with van der Waals surface area (Å²) < 4.78 is 5.13. The number of carboxylic acid groups (broad SMARTS) is 1. The van der Waals surface area contributed by atoms with Crippen LogP contribution in [0.15, 0.2) is 24.8 Å². The Balaban J connectivity index is 2.00. The van der Waals surface area contributed by atoms with Crippen LogP contribution in [0.2, 0.25) is 0 Å². The highest BCUT2D eigenvalue weighted by Crippen LogP contribution is 2.43. The Labute approximate surface area is 285 Å². The van der Waals surface area contributed by atoms with Crippen molar-refractivity contribution in [1.82, 2.24) is 25.3 Å². The summed E-state index contributed by atoms with van der Waals surface area (Å²) in [4.78, 5) is 56.1. The summed E-state index contributed by atoms with van der Waals surface area (Å²) in [6.45, 7) is 14.2. The second-order valence-corrected chi connectivity index (χ2v) is 12.7. The highest BCUT2D eigenvalue weighted by Gasteiger charge is 2.35. The summed E-state index contributed by atoms with van der Waals surface area (Å²) in [5, 5.41) is 22.0. The highest BCUT2D eigenvalue weighted by molar-refractivity contribution is 6.27. The smallest absolute Gasteiger partial charge is 0.310 e. The number of nitrogens with zero attached hydrogens (tertiary/aromatic N) is 2. The van der Waals surface area contributed by atoms with E-state index in [0.29, 0.717) is 45.9 Å². The number of hydrogen-bond acceptors (Lipinski definition) is 7. The van der Waals surface area contributed by atoms with Crippen LogP contribution in [-0.2, 0) is 32.0 Å². The molecule has 3 aromatic heterocycles. The highest BCUT2D eigenvalue weighted by atomic mass is 16.5. The predicted molar refractivity (Wildman–Crippen MR) is 191 cm³/mol. The van der Waals surface area contributed by atoms with Crippen LogP contribution >= 0.6 is 0 Å². The van der Waals surface area contributed by atoms with Crippen LogP contribution in [-0.4, -0.2) is 68.3 Å². The number of nitrogens with one attached hydrogen (secondary N) is 3. The molecular formula is C38H45N5O6. The molecule has 1 amide bonds. The molecule has 11 heteroatoms. The lowest BCUT2D eigenvalue weighted by Crippen LogP contribution is -2.26. The van der Waals surface area contributed by atoms with Crippen LogP contribution < -0.4 is 5.32 Å². The number of allylic oxidation sites excluding steroid dienone is 1. The molecule has 49 heavy (non-hydrogen) atoms. The third-order valence-corrected chi connectivity index (χ3v) is 9.80. The lowest BCUT2D eigenvalue weighted by molar-refractivity contribution is -0.140. The molecule has 0 radical (unpaired) electrons. The number of H-pyrrole nitrogens is 2. The number of carbonyl (C=O) groups is 3. The fraction of sp³-hybridized carbons (Fsp3) is 0.395. The average molecular weight is 668 g/mol. The van der Waals surface area contributed by atoms with E-state index >= 15 is 0 Å². The molecule has 2 atom stereocenters. The third-order valence-electron chi connectivity index (χ3n) is 9.80. The number of amides is 1. The summed E-state index contributed by atoms with van der Waals surface area (Å²) in [6.07, 6.45) is 2.88. The molecule has 0 aliphatic carbocycles. The molecule has 5 rings (SSSR count). The monoisotopic (exact) mass is 667 g/mol. The van der Waals surface area contributed by atoms with E-state index in [2.05, 4.69) is 41.8 Å². The summed E-state index contributed by atoms with van der Waals surface area (Å²) >= 11 is 0. The van der Waals surface area contributed by atoms with Crippen LogP contribution in [0.4, 0.5) is 0 Å². The normalized spacial score (nSPS) is 15.7. The molecule has 2 aliphatic rings.